The number of fused-ring (bicyclic) bond motifs is 2. The molecule has 37 nitrogen and oxygen atoms in total. The second kappa shape index (κ2) is 57.5. The van der Waals surface area contributed by atoms with E-state index in [-0.39, 0.29) is 30.2 Å². The van der Waals surface area contributed by atoms with Crippen molar-refractivity contribution in [2.45, 2.75) is 420 Å². The van der Waals surface area contributed by atoms with E-state index in [1.807, 2.05) is 161 Å². The molecule has 5 fully saturated rings. The monoisotopic (exact) mass is 1990 g/mol. The summed E-state index contributed by atoms with van der Waals surface area (Å²) in [7, 11) is 1.95. The zero-order chi connectivity index (χ0) is 105. The minimum absolute atomic E-state index is 0.00921. The molecule has 17 heterocycles. The number of ether oxygens (including phenoxy) is 1. The number of nitrogens with zero attached hydrogens (tertiary/aromatic N) is 35. The fraction of sp³-hybridized carbons (Fsp3) is 0.663. The molecule has 0 radical (unpaired) electrons. The number of rotatable bonds is 11. The fourth-order valence-corrected chi connectivity index (χ4v) is 17.8. The van der Waals surface area contributed by atoms with Gasteiger partial charge in [-0.15, -0.1) is 81.6 Å². The Morgan fingerprint density at radius 3 is 1.10 bits per heavy atom. The van der Waals surface area contributed by atoms with Crippen LogP contribution in [-0.4, -0.2) is 196 Å². The number of aryl methyl sites for hydroxylation is 19. The van der Waals surface area contributed by atoms with Crippen LogP contribution in [0.2, 0.25) is 0 Å². The molecular weight excluding hydrogens is 1830 g/mol. The molecule has 0 N–H and O–H groups in total. The standard InChI is InChI=1S/C10H14F2N2.C10H16N2.C9H14N2.C9H16N2.C8H13N3O.C7H11N3.2C7H13N3.C7H12N2.2C6H9N3.C5H6F3N3.C5H9N3.C5H7NO/c1-8-13-6-7-14(8)9-2-4-10(11,12)5-3-9;1-9-11-7-8-12(9)10-5-3-2-4-6-10;1-8-10-6-7-11(8)9-4-2-3-5-9;1-4-9(5-2)11-7-6-10-8(11)3;1-7-10-9-6-11(7)8-2-4-12-5-3-8;1-6-8-9-7-4-2-3-5-10(6)7;1-6-9-8-5-10(6)7(2,3)4;1-5(2)10-6(3)8-9-7(10)4;1-6(2)9-5-4-8-7(9)3;1-5-8-7-4-9(5)6-2-3-6;1-5-7-8-6-3-2-4-9(5)6;1-4-10-9-3-11(4)2-5(6,7)8;1-4-6-7-5(2)8(4)3;1-4-3-6-5(2)7-4/h6-7,9H,2-5H2,1H3;7-8,10H,2-6H2,1H3;6-7,9H,2-5H2,1H3;6-7,9H,4-5H2,1-3H3;6,8H,2-5H2,1H3;2-5H2,1H3;2*5H,1-4H3;4-6H,1-3H3;4,6H,2-3H2,1H3;2-4H2,1H3;3H,2H2,1H3;1-3H3;3H,1-2H3. The van der Waals surface area contributed by atoms with E-state index in [1.165, 1.54) is 121 Å². The van der Waals surface area contributed by atoms with E-state index in [9.17, 15) is 22.0 Å². The van der Waals surface area contributed by atoms with Gasteiger partial charge in [0.15, 0.2) is 5.89 Å². The number of hydrogen-bond acceptors (Lipinski definition) is 24. The van der Waals surface area contributed by atoms with Crippen LogP contribution in [0.1, 0.15) is 363 Å². The van der Waals surface area contributed by atoms with Crippen LogP contribution in [0.4, 0.5) is 22.0 Å². The molecular formula is C101H162F5N35O2. The average Bonchev–Trinajstić information content (AvgIpc) is 1.68. The highest BCUT2D eigenvalue weighted by molar-refractivity contribution is 5.03. The number of oxazole rings is 1. The van der Waals surface area contributed by atoms with E-state index < -0.39 is 18.6 Å². The third-order valence-electron chi connectivity index (χ3n) is 26.0. The molecule has 14 aromatic rings. The molecule has 7 aliphatic rings. The maximum absolute atomic E-state index is 12.9. The Bertz CT molecular complexity index is 5660. The summed E-state index contributed by atoms with van der Waals surface area (Å²) in [4.78, 5) is 24.7. The number of alkyl halides is 5. The van der Waals surface area contributed by atoms with Gasteiger partial charge in [0, 0.05) is 182 Å². The Morgan fingerprint density at radius 2 is 0.776 bits per heavy atom. The number of hydrogen-bond donors (Lipinski definition) is 0. The predicted molar refractivity (Wildman–Crippen MR) is 541 cm³/mol. The molecule has 42 heteroatoms. The van der Waals surface area contributed by atoms with Crippen molar-refractivity contribution in [3.8, 4) is 0 Å². The van der Waals surface area contributed by atoms with Gasteiger partial charge in [-0.1, -0.05) is 46.0 Å². The van der Waals surface area contributed by atoms with E-state index in [1.54, 1.807) is 18.7 Å². The maximum Gasteiger partial charge on any atom is 0.406 e. The van der Waals surface area contributed by atoms with Gasteiger partial charge < -0.3 is 68.5 Å². The van der Waals surface area contributed by atoms with Gasteiger partial charge in [-0.05, 0) is 256 Å². The topological polar surface area (TPSA) is 370 Å². The summed E-state index contributed by atoms with van der Waals surface area (Å²) in [5, 5.41) is 61.5. The molecule has 0 spiro atoms. The third-order valence-corrected chi connectivity index (χ3v) is 26.0. The molecule has 0 atom stereocenters. The van der Waals surface area contributed by atoms with Crippen molar-refractivity contribution in [2.24, 2.45) is 7.05 Å². The Labute approximate surface area is 841 Å². The normalized spacial score (nSPS) is 15.4. The van der Waals surface area contributed by atoms with Crippen LogP contribution in [0.5, 0.6) is 0 Å². The Kier molecular flexibility index (Phi) is 46.7. The highest BCUT2D eigenvalue weighted by Crippen LogP contribution is 2.39. The molecule has 1 saturated heterocycles. The molecule has 14 aromatic heterocycles. The van der Waals surface area contributed by atoms with Crippen LogP contribution >= 0.6 is 0 Å². The van der Waals surface area contributed by atoms with Crippen molar-refractivity contribution in [3.05, 3.63) is 204 Å². The van der Waals surface area contributed by atoms with E-state index in [4.69, 9.17) is 9.15 Å². The third kappa shape index (κ3) is 37.9. The van der Waals surface area contributed by atoms with E-state index in [2.05, 4.69) is 254 Å². The summed E-state index contributed by atoms with van der Waals surface area (Å²) in [6.45, 7) is 55.4. The zero-order valence-electron chi connectivity index (χ0n) is 90.1. The van der Waals surface area contributed by atoms with Gasteiger partial charge >= 0.3 is 6.18 Å². The average molecular weight is 1990 g/mol. The van der Waals surface area contributed by atoms with Crippen molar-refractivity contribution in [1.82, 2.24) is 171 Å². The van der Waals surface area contributed by atoms with E-state index in [0.29, 0.717) is 37.0 Å². The SMILES string of the molecule is CCC(CC)n1ccnc1C.Cc1cnc(C)o1.Cc1nccn1C(C)C.Cc1nccn1C1CCC(F)(F)CC1.Cc1nccn1C1CCCC1.Cc1nccn1C1CCCCC1.Cc1nnc(C)n1C.Cc1nnc(C)n1C(C)C.Cc1nnc2n1CCC2.Cc1nnc2n1CCCC2.Cc1nncn1C(C)(C)C.Cc1nncn1C1CC1.Cc1nncn1C1CCOCC1.Cc1nncn1CC(F)(F)F. The molecule has 21 rings (SSSR count). The predicted octanol–water partition coefficient (Wildman–Crippen LogP) is 21.3. The Morgan fingerprint density at radius 1 is 0.378 bits per heavy atom. The second-order valence-electron chi connectivity index (χ2n) is 38.8. The lowest BCUT2D eigenvalue weighted by molar-refractivity contribution is -0.141. The van der Waals surface area contributed by atoms with Crippen molar-refractivity contribution in [1.29, 1.82) is 0 Å². The number of aromatic nitrogens is 35. The van der Waals surface area contributed by atoms with Gasteiger partial charge in [-0.25, -0.2) is 38.7 Å². The quantitative estimate of drug-likeness (QED) is 0.109. The van der Waals surface area contributed by atoms with Gasteiger partial charge in [-0.2, -0.15) is 13.2 Å². The van der Waals surface area contributed by atoms with Crippen LogP contribution < -0.4 is 0 Å². The Balaban J connectivity index is 0.000000189. The largest absolute Gasteiger partial charge is 0.446 e. The molecule has 0 unspecified atom stereocenters. The van der Waals surface area contributed by atoms with Gasteiger partial charge in [0.1, 0.15) is 137 Å². The minimum atomic E-state index is -4.20. The van der Waals surface area contributed by atoms with Crippen LogP contribution in [0.15, 0.2) is 97.9 Å². The summed E-state index contributed by atoms with van der Waals surface area (Å²) in [6.07, 6.45) is 50.0. The van der Waals surface area contributed by atoms with Crippen molar-refractivity contribution >= 4 is 0 Å². The summed E-state index contributed by atoms with van der Waals surface area (Å²) in [5.74, 6) is 16.3. The van der Waals surface area contributed by atoms with Crippen LogP contribution in [0.3, 0.4) is 0 Å². The van der Waals surface area contributed by atoms with E-state index >= 15 is 0 Å². The fourth-order valence-electron chi connectivity index (χ4n) is 17.8. The minimum Gasteiger partial charge on any atom is -0.446 e. The summed E-state index contributed by atoms with van der Waals surface area (Å²) in [6, 6.07) is 4.62. The molecule has 3 aliphatic heterocycles. The summed E-state index contributed by atoms with van der Waals surface area (Å²) < 4.78 is 98.0. The molecule has 4 saturated carbocycles. The van der Waals surface area contributed by atoms with Gasteiger partial charge in [0.2, 0.25) is 5.92 Å². The highest BCUT2D eigenvalue weighted by Gasteiger charge is 2.36. The molecule has 143 heavy (non-hydrogen) atoms. The first kappa shape index (κ1) is 116. The zero-order valence-corrected chi connectivity index (χ0v) is 90.1. The van der Waals surface area contributed by atoms with Gasteiger partial charge in [-0.3, -0.25) is 0 Å². The van der Waals surface area contributed by atoms with Crippen molar-refractivity contribution in [3.63, 3.8) is 0 Å². The second-order valence-corrected chi connectivity index (χ2v) is 38.8. The first-order valence-corrected chi connectivity index (χ1v) is 50.8. The molecule has 0 aromatic carbocycles. The Hall–Kier alpha value is -12.0. The maximum atomic E-state index is 12.9. The van der Waals surface area contributed by atoms with Crippen molar-refractivity contribution < 1.29 is 31.1 Å². The van der Waals surface area contributed by atoms with Gasteiger partial charge in [0.05, 0.1) is 6.20 Å². The highest BCUT2D eigenvalue weighted by atomic mass is 19.4. The molecule has 4 aliphatic carbocycles. The lowest BCUT2D eigenvalue weighted by atomic mass is 9.92. The lowest BCUT2D eigenvalue weighted by Gasteiger charge is -2.29. The van der Waals surface area contributed by atoms with Crippen LogP contribution in [0.25, 0.3) is 0 Å². The smallest absolute Gasteiger partial charge is 0.406 e. The molecule has 0 bridgehead atoms. The summed E-state index contributed by atoms with van der Waals surface area (Å²) >= 11 is 0. The van der Waals surface area contributed by atoms with E-state index in [0.717, 1.165) is 174 Å². The summed E-state index contributed by atoms with van der Waals surface area (Å²) in [5.41, 5.74) is 0.105. The van der Waals surface area contributed by atoms with Crippen molar-refractivity contribution in [2.75, 3.05) is 13.2 Å². The number of halogens is 5. The number of imidazole rings is 5. The van der Waals surface area contributed by atoms with Crippen LogP contribution in [-0.2, 0) is 49.8 Å². The molecule has 0 amide bonds. The van der Waals surface area contributed by atoms with Crippen LogP contribution in [0, 0.1) is 118 Å². The van der Waals surface area contributed by atoms with Gasteiger partial charge in [0.25, 0.3) is 0 Å². The molecule has 788 valence electrons. The lowest BCUT2D eigenvalue weighted by Crippen LogP contribution is -2.26. The first-order chi connectivity index (χ1) is 68.0. The first-order valence-electron chi connectivity index (χ1n) is 50.8.